The summed E-state index contributed by atoms with van der Waals surface area (Å²) >= 11 is 0. The van der Waals surface area contributed by atoms with Gasteiger partial charge in [0.25, 0.3) is 0 Å². The molecule has 0 radical (unpaired) electrons. The Morgan fingerprint density at radius 2 is 1.59 bits per heavy atom. The van der Waals surface area contributed by atoms with Gasteiger partial charge in [-0.25, -0.2) is 8.78 Å². The minimum atomic E-state index is -0.858. The molecule has 9 heteroatoms. The number of anilines is 2. The number of carbonyl (C=O) groups excluding carboxylic acids is 3. The Bertz CT molecular complexity index is 868. The quantitative estimate of drug-likeness (QED) is 0.597. The van der Waals surface area contributed by atoms with Crippen LogP contribution in [0.4, 0.5) is 20.2 Å². The van der Waals surface area contributed by atoms with Crippen LogP contribution in [0.2, 0.25) is 0 Å². The van der Waals surface area contributed by atoms with Gasteiger partial charge in [-0.1, -0.05) is 13.0 Å². The van der Waals surface area contributed by atoms with Crippen molar-refractivity contribution < 1.29 is 23.2 Å². The van der Waals surface area contributed by atoms with Gasteiger partial charge in [-0.05, 0) is 42.9 Å². The molecule has 0 aliphatic carbocycles. The average Bonchev–Trinajstić information content (AvgIpc) is 2.68. The molecule has 2 rings (SSSR count). The van der Waals surface area contributed by atoms with Crippen LogP contribution in [0.5, 0.6) is 0 Å². The second-order valence-electron chi connectivity index (χ2n) is 6.25. The molecule has 0 aromatic heterocycles. The first kappa shape index (κ1) is 22.0. The highest BCUT2D eigenvalue weighted by Gasteiger charge is 2.15. The number of nitrogens with one attached hydrogen (secondary N) is 2. The number of hydrogen-bond acceptors (Lipinski definition) is 4. The largest absolute Gasteiger partial charge is 0.366 e. The number of nitrogens with zero attached hydrogens (tertiary/aromatic N) is 1. The minimum absolute atomic E-state index is 0.104. The Kier molecular flexibility index (Phi) is 7.79. The van der Waals surface area contributed by atoms with Gasteiger partial charge in [-0.2, -0.15) is 0 Å². The van der Waals surface area contributed by atoms with Crippen molar-refractivity contribution in [3.05, 3.63) is 59.7 Å². The van der Waals surface area contributed by atoms with E-state index in [2.05, 4.69) is 10.6 Å². The van der Waals surface area contributed by atoms with E-state index >= 15 is 0 Å². The van der Waals surface area contributed by atoms with Crippen LogP contribution in [-0.2, 0) is 9.59 Å². The molecule has 0 atom stereocenters. The van der Waals surface area contributed by atoms with Crippen LogP contribution in [0, 0.1) is 11.6 Å². The molecule has 0 saturated carbocycles. The first-order chi connectivity index (χ1) is 13.8. The van der Waals surface area contributed by atoms with Gasteiger partial charge in [0.1, 0.15) is 17.3 Å². The van der Waals surface area contributed by atoms with E-state index in [0.29, 0.717) is 17.8 Å². The predicted molar refractivity (Wildman–Crippen MR) is 105 cm³/mol. The lowest BCUT2D eigenvalue weighted by Gasteiger charge is -2.19. The lowest BCUT2D eigenvalue weighted by Crippen LogP contribution is -2.35. The molecule has 0 aliphatic rings. The molecule has 0 aliphatic heterocycles. The normalized spacial score (nSPS) is 10.6. The highest BCUT2D eigenvalue weighted by Crippen LogP contribution is 2.17. The summed E-state index contributed by atoms with van der Waals surface area (Å²) < 4.78 is 27.2. The zero-order valence-corrected chi connectivity index (χ0v) is 15.9. The maximum Gasteiger partial charge on any atom is 0.248 e. The molecule has 0 unspecified atom stereocenters. The highest BCUT2D eigenvalue weighted by molar-refractivity contribution is 5.95. The third kappa shape index (κ3) is 6.65. The van der Waals surface area contributed by atoms with Crippen LogP contribution in [0.25, 0.3) is 0 Å². The number of hydrogen-bond donors (Lipinski definition) is 3. The van der Waals surface area contributed by atoms with Crippen molar-refractivity contribution in [2.45, 2.75) is 13.3 Å². The number of amides is 3. The fourth-order valence-corrected chi connectivity index (χ4v) is 2.55. The Balaban J connectivity index is 1.83. The van der Waals surface area contributed by atoms with E-state index in [9.17, 15) is 23.2 Å². The lowest BCUT2D eigenvalue weighted by molar-refractivity contribution is -0.119. The first-order valence-corrected chi connectivity index (χ1v) is 8.96. The topological polar surface area (TPSA) is 105 Å². The zero-order chi connectivity index (χ0) is 21.4. The number of para-hydroxylation sites is 1. The summed E-state index contributed by atoms with van der Waals surface area (Å²) in [6, 6.07) is 9.44. The fourth-order valence-electron chi connectivity index (χ4n) is 2.55. The summed E-state index contributed by atoms with van der Waals surface area (Å²) in [5, 5.41) is 4.89. The molecule has 0 spiro atoms. The van der Waals surface area contributed by atoms with Gasteiger partial charge in [0, 0.05) is 24.2 Å². The summed E-state index contributed by atoms with van der Waals surface area (Å²) in [5.74, 6) is -3.14. The molecule has 0 saturated heterocycles. The van der Waals surface area contributed by atoms with E-state index in [1.54, 1.807) is 24.0 Å². The standard InChI is InChI=1S/C20H22F2N4O3/c1-2-26(12-18(28)25-19-15(21)4-3-5-16(19)22)11-10-17(27)24-14-8-6-13(7-9-14)20(23)29/h3-9H,2,10-12H2,1H3,(H2,23,29)(H,24,27)(H,25,28). The monoisotopic (exact) mass is 404 g/mol. The van der Waals surface area contributed by atoms with Crippen molar-refractivity contribution >= 4 is 29.1 Å². The molecule has 3 amide bonds. The maximum atomic E-state index is 13.6. The number of nitrogens with two attached hydrogens (primary N) is 1. The molecule has 2 aromatic rings. The maximum absolute atomic E-state index is 13.6. The number of benzene rings is 2. The van der Waals surface area contributed by atoms with Crippen LogP contribution >= 0.6 is 0 Å². The molecule has 154 valence electrons. The van der Waals surface area contributed by atoms with Crippen LogP contribution in [0.15, 0.2) is 42.5 Å². The van der Waals surface area contributed by atoms with Gasteiger partial charge >= 0.3 is 0 Å². The zero-order valence-electron chi connectivity index (χ0n) is 15.9. The molecule has 7 nitrogen and oxygen atoms in total. The third-order valence-corrected chi connectivity index (χ3v) is 4.15. The van der Waals surface area contributed by atoms with Gasteiger partial charge in [-0.3, -0.25) is 19.3 Å². The number of halogens is 2. The Morgan fingerprint density at radius 1 is 0.966 bits per heavy atom. The van der Waals surface area contributed by atoms with Gasteiger partial charge < -0.3 is 16.4 Å². The number of likely N-dealkylation sites (N-methyl/N-ethyl adjacent to an activating group) is 1. The molecular formula is C20H22F2N4O3. The van der Waals surface area contributed by atoms with Crippen molar-refractivity contribution in [2.75, 3.05) is 30.3 Å². The van der Waals surface area contributed by atoms with Gasteiger partial charge in [0.15, 0.2) is 0 Å². The van der Waals surface area contributed by atoms with Gasteiger partial charge in [-0.15, -0.1) is 0 Å². The molecule has 0 bridgehead atoms. The van der Waals surface area contributed by atoms with Crippen molar-refractivity contribution in [2.24, 2.45) is 5.73 Å². The smallest absolute Gasteiger partial charge is 0.248 e. The SMILES string of the molecule is CCN(CCC(=O)Nc1ccc(C(N)=O)cc1)CC(=O)Nc1c(F)cccc1F. The minimum Gasteiger partial charge on any atom is -0.366 e. The number of carbonyl (C=O) groups is 3. The van der Waals surface area contributed by atoms with Crippen LogP contribution < -0.4 is 16.4 Å². The van der Waals surface area contributed by atoms with Crippen molar-refractivity contribution in [3.63, 3.8) is 0 Å². The van der Waals surface area contributed by atoms with Crippen LogP contribution in [-0.4, -0.2) is 42.3 Å². The second kappa shape index (κ2) is 10.3. The molecule has 29 heavy (non-hydrogen) atoms. The Hall–Kier alpha value is -3.33. The van der Waals surface area contributed by atoms with E-state index in [1.807, 2.05) is 0 Å². The Labute approximate surface area is 166 Å². The summed E-state index contributed by atoms with van der Waals surface area (Å²) in [6.45, 7) is 2.42. The predicted octanol–water partition coefficient (Wildman–Crippen LogP) is 2.35. The molecule has 4 N–H and O–H groups in total. The summed E-state index contributed by atoms with van der Waals surface area (Å²) in [7, 11) is 0. The molecule has 0 heterocycles. The molecule has 0 fully saturated rings. The summed E-state index contributed by atoms with van der Waals surface area (Å²) in [5.41, 5.74) is 5.51. The average molecular weight is 404 g/mol. The third-order valence-electron chi connectivity index (χ3n) is 4.15. The first-order valence-electron chi connectivity index (χ1n) is 8.96. The second-order valence-corrected chi connectivity index (χ2v) is 6.25. The van der Waals surface area contributed by atoms with E-state index < -0.39 is 29.1 Å². The van der Waals surface area contributed by atoms with Gasteiger partial charge in [0.05, 0.1) is 6.54 Å². The highest BCUT2D eigenvalue weighted by atomic mass is 19.1. The van der Waals surface area contributed by atoms with E-state index in [4.69, 9.17) is 5.73 Å². The van der Waals surface area contributed by atoms with Gasteiger partial charge in [0.2, 0.25) is 17.7 Å². The number of primary amides is 1. The number of rotatable bonds is 9. The lowest BCUT2D eigenvalue weighted by atomic mass is 10.2. The Morgan fingerprint density at radius 3 is 2.14 bits per heavy atom. The van der Waals surface area contributed by atoms with Crippen molar-refractivity contribution in [3.8, 4) is 0 Å². The van der Waals surface area contributed by atoms with E-state index in [-0.39, 0.29) is 25.4 Å². The van der Waals surface area contributed by atoms with E-state index in [0.717, 1.165) is 12.1 Å². The van der Waals surface area contributed by atoms with Crippen molar-refractivity contribution in [1.29, 1.82) is 0 Å². The molecular weight excluding hydrogens is 382 g/mol. The molecule has 2 aromatic carbocycles. The summed E-state index contributed by atoms with van der Waals surface area (Å²) in [4.78, 5) is 36.9. The van der Waals surface area contributed by atoms with Crippen molar-refractivity contribution in [1.82, 2.24) is 4.90 Å². The van der Waals surface area contributed by atoms with Crippen LogP contribution in [0.1, 0.15) is 23.7 Å². The van der Waals surface area contributed by atoms with E-state index in [1.165, 1.54) is 18.2 Å². The van der Waals surface area contributed by atoms with Crippen LogP contribution in [0.3, 0.4) is 0 Å². The fraction of sp³-hybridized carbons (Fsp3) is 0.250. The summed E-state index contributed by atoms with van der Waals surface area (Å²) in [6.07, 6.45) is 0.104.